The summed E-state index contributed by atoms with van der Waals surface area (Å²) < 4.78 is 0. The molecule has 0 saturated heterocycles. The van der Waals surface area contributed by atoms with Crippen LogP contribution in [0.4, 0.5) is 0 Å². The van der Waals surface area contributed by atoms with Crippen molar-refractivity contribution in [2.45, 2.75) is 78.1 Å². The molecule has 0 heterocycles. The molecule has 0 saturated carbocycles. The largest absolute Gasteiger partial charge is 0.0897 e. The molecule has 1 heteroatoms. The number of unbranched alkanes of at least 4 members (excludes halogenated alkanes) is 6. The van der Waals surface area contributed by atoms with E-state index in [9.17, 15) is 0 Å². The molecule has 84 valence electrons. The van der Waals surface area contributed by atoms with Crippen LogP contribution in [0.25, 0.3) is 0 Å². The van der Waals surface area contributed by atoms with Crippen molar-refractivity contribution in [1.29, 1.82) is 0 Å². The molecule has 0 aliphatic rings. The Labute approximate surface area is 95.5 Å². The fourth-order valence-electron chi connectivity index (χ4n) is 1.62. The Hall–Kier alpha value is 0.0900. The summed E-state index contributed by atoms with van der Waals surface area (Å²) in [4.78, 5) is 1.31. The summed E-state index contributed by atoms with van der Waals surface area (Å²) in [5, 5.41) is 0. The second-order valence-corrected chi connectivity index (χ2v) is 4.74. The summed E-state index contributed by atoms with van der Waals surface area (Å²) in [5.41, 5.74) is 0. The summed E-state index contributed by atoms with van der Waals surface area (Å²) in [5.74, 6) is 0. The molecule has 0 unspecified atom stereocenters. The van der Waals surface area contributed by atoms with Crippen LogP contribution in [0.15, 0.2) is 0 Å². The van der Waals surface area contributed by atoms with Crippen LogP contribution in [0.1, 0.15) is 78.1 Å². The Kier molecular flexibility index (Phi) is 11.2. The van der Waals surface area contributed by atoms with E-state index in [4.69, 9.17) is 12.2 Å². The minimum absolute atomic E-state index is 1.19. The standard InChI is InChI=1S/C13H26S/c1-3-5-7-8-10-12-13(14)11-9-6-4-2/h3-12H2,1-2H3. The van der Waals surface area contributed by atoms with Gasteiger partial charge >= 0.3 is 0 Å². The molecular weight excluding hydrogens is 188 g/mol. The quantitative estimate of drug-likeness (QED) is 0.351. The zero-order valence-corrected chi connectivity index (χ0v) is 10.8. The fraction of sp³-hybridized carbons (Fsp3) is 0.923. The SMILES string of the molecule is CCCCCCCC(=S)CCCCC. The third-order valence-electron chi connectivity index (χ3n) is 2.62. The lowest BCUT2D eigenvalue weighted by molar-refractivity contribution is 0.641. The summed E-state index contributed by atoms with van der Waals surface area (Å²) in [7, 11) is 0. The van der Waals surface area contributed by atoms with Crippen molar-refractivity contribution in [2.75, 3.05) is 0 Å². The van der Waals surface area contributed by atoms with Gasteiger partial charge in [0.05, 0.1) is 0 Å². The van der Waals surface area contributed by atoms with Gasteiger partial charge in [-0.15, -0.1) is 0 Å². The zero-order valence-electron chi connectivity index (χ0n) is 9.98. The van der Waals surface area contributed by atoms with Crippen molar-refractivity contribution in [3.05, 3.63) is 0 Å². The Balaban J connectivity index is 3.10. The molecule has 0 aromatic rings. The molecule has 0 N–H and O–H groups in total. The van der Waals surface area contributed by atoms with Crippen molar-refractivity contribution in [3.8, 4) is 0 Å². The zero-order chi connectivity index (χ0) is 10.6. The van der Waals surface area contributed by atoms with Crippen LogP contribution in [0.2, 0.25) is 0 Å². The van der Waals surface area contributed by atoms with Gasteiger partial charge < -0.3 is 0 Å². The number of thiocarbonyl (C=S) groups is 1. The molecule has 0 bridgehead atoms. The van der Waals surface area contributed by atoms with E-state index in [0.717, 1.165) is 0 Å². The van der Waals surface area contributed by atoms with Gasteiger partial charge in [-0.3, -0.25) is 0 Å². The maximum Gasteiger partial charge on any atom is -0.00715 e. The molecule has 0 atom stereocenters. The molecule has 0 fully saturated rings. The second kappa shape index (κ2) is 11.2. The molecule has 0 spiro atoms. The molecule has 0 aromatic heterocycles. The van der Waals surface area contributed by atoms with Crippen LogP contribution in [0.3, 0.4) is 0 Å². The minimum Gasteiger partial charge on any atom is -0.0897 e. The summed E-state index contributed by atoms with van der Waals surface area (Å²) >= 11 is 5.35. The predicted octanol–water partition coefficient (Wildman–Crippen LogP) is 5.30. The van der Waals surface area contributed by atoms with Crippen LogP contribution < -0.4 is 0 Å². The molecule has 0 aliphatic carbocycles. The Morgan fingerprint density at radius 2 is 1.14 bits per heavy atom. The average Bonchev–Trinajstić information content (AvgIpc) is 2.18. The Morgan fingerprint density at radius 1 is 0.714 bits per heavy atom. The monoisotopic (exact) mass is 214 g/mol. The van der Waals surface area contributed by atoms with Crippen LogP contribution in [0.5, 0.6) is 0 Å². The molecule has 0 aromatic carbocycles. The minimum atomic E-state index is 1.19. The maximum absolute atomic E-state index is 5.35. The normalized spacial score (nSPS) is 10.4. The maximum atomic E-state index is 5.35. The van der Waals surface area contributed by atoms with E-state index < -0.39 is 0 Å². The van der Waals surface area contributed by atoms with Gasteiger partial charge in [-0.25, -0.2) is 0 Å². The van der Waals surface area contributed by atoms with Gasteiger partial charge in [-0.05, 0) is 30.5 Å². The topological polar surface area (TPSA) is 0 Å². The van der Waals surface area contributed by atoms with Crippen molar-refractivity contribution in [1.82, 2.24) is 0 Å². The average molecular weight is 214 g/mol. The third kappa shape index (κ3) is 10.2. The van der Waals surface area contributed by atoms with E-state index in [-0.39, 0.29) is 0 Å². The van der Waals surface area contributed by atoms with E-state index >= 15 is 0 Å². The summed E-state index contributed by atoms with van der Waals surface area (Å²) in [6, 6.07) is 0. The van der Waals surface area contributed by atoms with Crippen LogP contribution in [-0.2, 0) is 0 Å². The van der Waals surface area contributed by atoms with E-state index in [0.29, 0.717) is 0 Å². The third-order valence-corrected chi connectivity index (χ3v) is 3.03. The molecule has 0 aliphatic heterocycles. The number of rotatable bonds is 10. The fourth-order valence-corrected chi connectivity index (χ4v) is 1.91. The van der Waals surface area contributed by atoms with Gasteiger partial charge in [0.25, 0.3) is 0 Å². The second-order valence-electron chi connectivity index (χ2n) is 4.16. The van der Waals surface area contributed by atoms with Crippen molar-refractivity contribution >= 4 is 17.1 Å². The molecule has 14 heavy (non-hydrogen) atoms. The molecule has 0 radical (unpaired) electrons. The van der Waals surface area contributed by atoms with E-state index in [2.05, 4.69) is 13.8 Å². The van der Waals surface area contributed by atoms with Crippen LogP contribution in [0, 0.1) is 0 Å². The first kappa shape index (κ1) is 14.1. The van der Waals surface area contributed by atoms with Crippen LogP contribution in [-0.4, -0.2) is 4.86 Å². The first-order valence-electron chi connectivity index (χ1n) is 6.33. The van der Waals surface area contributed by atoms with Gasteiger partial charge in [0, 0.05) is 0 Å². The van der Waals surface area contributed by atoms with Gasteiger partial charge in [-0.2, -0.15) is 0 Å². The van der Waals surface area contributed by atoms with Crippen LogP contribution >= 0.6 is 12.2 Å². The number of hydrogen-bond acceptors (Lipinski definition) is 1. The summed E-state index contributed by atoms with van der Waals surface area (Å²) in [6.07, 6.45) is 13.2. The Morgan fingerprint density at radius 3 is 1.71 bits per heavy atom. The highest BCUT2D eigenvalue weighted by molar-refractivity contribution is 7.80. The lowest BCUT2D eigenvalue weighted by Gasteiger charge is -2.03. The molecular formula is C13H26S. The molecule has 0 amide bonds. The molecule has 0 nitrogen and oxygen atoms in total. The smallest absolute Gasteiger partial charge is 0.00715 e. The highest BCUT2D eigenvalue weighted by Gasteiger charge is 1.97. The van der Waals surface area contributed by atoms with Crippen molar-refractivity contribution in [3.63, 3.8) is 0 Å². The van der Waals surface area contributed by atoms with Crippen molar-refractivity contribution in [2.24, 2.45) is 0 Å². The van der Waals surface area contributed by atoms with E-state index in [1.807, 2.05) is 0 Å². The first-order chi connectivity index (χ1) is 6.81. The van der Waals surface area contributed by atoms with Crippen molar-refractivity contribution < 1.29 is 0 Å². The number of hydrogen-bond donors (Lipinski definition) is 0. The Bertz CT molecular complexity index is 129. The lowest BCUT2D eigenvalue weighted by atomic mass is 10.1. The molecule has 0 rings (SSSR count). The highest BCUT2D eigenvalue weighted by atomic mass is 32.1. The van der Waals surface area contributed by atoms with E-state index in [1.165, 1.54) is 69.1 Å². The highest BCUT2D eigenvalue weighted by Crippen LogP contribution is 2.09. The lowest BCUT2D eigenvalue weighted by Crippen LogP contribution is -1.94. The van der Waals surface area contributed by atoms with Gasteiger partial charge in [-0.1, -0.05) is 64.6 Å². The first-order valence-corrected chi connectivity index (χ1v) is 6.73. The van der Waals surface area contributed by atoms with E-state index in [1.54, 1.807) is 0 Å². The summed E-state index contributed by atoms with van der Waals surface area (Å²) in [6.45, 7) is 4.50. The van der Waals surface area contributed by atoms with Gasteiger partial charge in [0.2, 0.25) is 0 Å². The van der Waals surface area contributed by atoms with Gasteiger partial charge in [0.1, 0.15) is 0 Å². The predicted molar refractivity (Wildman–Crippen MR) is 70.1 cm³/mol. The van der Waals surface area contributed by atoms with Gasteiger partial charge in [0.15, 0.2) is 0 Å².